The Morgan fingerprint density at radius 2 is 1.76 bits per heavy atom. The first-order chi connectivity index (χ1) is 12.1. The van der Waals surface area contributed by atoms with Gasteiger partial charge in [0.25, 0.3) is 0 Å². The van der Waals surface area contributed by atoms with E-state index in [4.69, 9.17) is 10.5 Å². The number of phenols is 1. The largest absolute Gasteiger partial charge is 0.507 e. The second-order valence-electron chi connectivity index (χ2n) is 6.91. The van der Waals surface area contributed by atoms with Crippen LogP contribution < -0.4 is 10.5 Å². The number of hydrogen-bond acceptors (Lipinski definition) is 4. The third-order valence-corrected chi connectivity index (χ3v) is 5.11. The maximum atomic E-state index is 10.6. The number of ether oxygens (including phenoxy) is 1. The summed E-state index contributed by atoms with van der Waals surface area (Å²) >= 11 is 0. The minimum absolute atomic E-state index is 0.0768. The van der Waals surface area contributed by atoms with Gasteiger partial charge in [-0.05, 0) is 36.5 Å². The number of hydrogen-bond donors (Lipinski definition) is 3. The first-order valence-corrected chi connectivity index (χ1v) is 9.08. The lowest BCUT2D eigenvalue weighted by atomic mass is 9.81. The zero-order chi connectivity index (χ0) is 17.6. The van der Waals surface area contributed by atoms with E-state index in [-0.39, 0.29) is 11.7 Å². The second-order valence-corrected chi connectivity index (χ2v) is 6.91. The number of benzene rings is 2. The maximum Gasteiger partial charge on any atom is 0.124 e. The topological polar surface area (TPSA) is 75.7 Å². The van der Waals surface area contributed by atoms with Crippen molar-refractivity contribution in [2.45, 2.75) is 50.9 Å². The predicted molar refractivity (Wildman–Crippen MR) is 98.4 cm³/mol. The van der Waals surface area contributed by atoms with Crippen molar-refractivity contribution in [1.29, 1.82) is 0 Å². The fourth-order valence-corrected chi connectivity index (χ4v) is 3.59. The van der Waals surface area contributed by atoms with E-state index < -0.39 is 12.1 Å². The Morgan fingerprint density at radius 3 is 2.44 bits per heavy atom. The molecule has 2 aromatic carbocycles. The Kier molecular flexibility index (Phi) is 5.95. The molecule has 0 amide bonds. The Labute approximate surface area is 149 Å². The van der Waals surface area contributed by atoms with Crippen molar-refractivity contribution in [3.05, 3.63) is 59.7 Å². The zero-order valence-corrected chi connectivity index (χ0v) is 14.5. The smallest absolute Gasteiger partial charge is 0.124 e. The fraction of sp³-hybridized carbons (Fsp3) is 0.429. The molecular formula is C21H27NO3. The van der Waals surface area contributed by atoms with Crippen molar-refractivity contribution < 1.29 is 14.9 Å². The molecule has 1 aliphatic carbocycles. The van der Waals surface area contributed by atoms with Crippen LogP contribution in [0.2, 0.25) is 0 Å². The summed E-state index contributed by atoms with van der Waals surface area (Å²) in [6, 6.07) is 14.4. The van der Waals surface area contributed by atoms with E-state index in [1.807, 2.05) is 30.3 Å². The van der Waals surface area contributed by atoms with Crippen molar-refractivity contribution in [3.8, 4) is 11.5 Å². The molecule has 4 N–H and O–H groups in total. The molecule has 0 saturated heterocycles. The minimum Gasteiger partial charge on any atom is -0.507 e. The number of nitrogens with two attached hydrogens (primary N) is 1. The summed E-state index contributed by atoms with van der Waals surface area (Å²) in [5.41, 5.74) is 7.87. The standard InChI is InChI=1S/C21H27NO3/c22-20(21(24)16-9-5-2-6-10-16)18-12-11-17(13-19(18)23)25-14-15-7-3-1-4-8-15/h1,3-4,7-8,11-13,16,20-21,23-24H,2,5-6,9-10,14,22H2/t20-,21+/m0/s1. The van der Waals surface area contributed by atoms with Gasteiger partial charge in [-0.2, -0.15) is 0 Å². The van der Waals surface area contributed by atoms with Crippen molar-refractivity contribution in [1.82, 2.24) is 0 Å². The Morgan fingerprint density at radius 1 is 1.04 bits per heavy atom. The molecular weight excluding hydrogens is 314 g/mol. The first kappa shape index (κ1) is 17.8. The highest BCUT2D eigenvalue weighted by molar-refractivity contribution is 5.42. The number of aromatic hydroxyl groups is 1. The summed E-state index contributed by atoms with van der Waals surface area (Å²) in [6.07, 6.45) is 4.92. The second kappa shape index (κ2) is 8.37. The van der Waals surface area contributed by atoms with E-state index in [1.165, 1.54) is 6.42 Å². The Bertz CT molecular complexity index is 668. The molecule has 0 spiro atoms. The third kappa shape index (κ3) is 4.53. The van der Waals surface area contributed by atoms with Gasteiger partial charge in [-0.25, -0.2) is 0 Å². The van der Waals surface area contributed by atoms with Crippen LogP contribution in [0.5, 0.6) is 11.5 Å². The molecule has 3 rings (SSSR count). The van der Waals surface area contributed by atoms with Gasteiger partial charge >= 0.3 is 0 Å². The van der Waals surface area contributed by atoms with Crippen LogP contribution in [0, 0.1) is 5.92 Å². The van der Waals surface area contributed by atoms with E-state index in [1.54, 1.807) is 18.2 Å². The summed E-state index contributed by atoms with van der Waals surface area (Å²) in [7, 11) is 0. The van der Waals surface area contributed by atoms with Gasteiger partial charge in [0.15, 0.2) is 0 Å². The lowest BCUT2D eigenvalue weighted by molar-refractivity contribution is 0.0610. The average Bonchev–Trinajstić information content (AvgIpc) is 2.67. The molecule has 0 bridgehead atoms. The normalized spacial score (nSPS) is 17.8. The van der Waals surface area contributed by atoms with E-state index in [0.717, 1.165) is 31.2 Å². The summed E-state index contributed by atoms with van der Waals surface area (Å²) in [5.74, 6) is 0.884. The molecule has 2 atom stereocenters. The molecule has 0 aliphatic heterocycles. The van der Waals surface area contributed by atoms with Crippen LogP contribution in [0.3, 0.4) is 0 Å². The number of aliphatic hydroxyl groups is 1. The van der Waals surface area contributed by atoms with Gasteiger partial charge in [-0.3, -0.25) is 0 Å². The molecule has 25 heavy (non-hydrogen) atoms. The highest BCUT2D eigenvalue weighted by Crippen LogP contribution is 2.35. The van der Waals surface area contributed by atoms with Crippen molar-refractivity contribution in [2.75, 3.05) is 0 Å². The summed E-state index contributed by atoms with van der Waals surface area (Å²) in [6.45, 7) is 0.441. The van der Waals surface area contributed by atoms with Crippen LogP contribution in [0.1, 0.15) is 49.3 Å². The van der Waals surface area contributed by atoms with Crippen LogP contribution in [0.25, 0.3) is 0 Å². The molecule has 2 aromatic rings. The van der Waals surface area contributed by atoms with Crippen LogP contribution in [0.15, 0.2) is 48.5 Å². The third-order valence-electron chi connectivity index (χ3n) is 5.11. The van der Waals surface area contributed by atoms with Gasteiger partial charge in [0.05, 0.1) is 12.1 Å². The molecule has 0 unspecified atom stereocenters. The molecule has 0 heterocycles. The number of aliphatic hydroxyl groups excluding tert-OH is 1. The van der Waals surface area contributed by atoms with Crippen LogP contribution in [0.4, 0.5) is 0 Å². The summed E-state index contributed by atoms with van der Waals surface area (Å²) in [5, 5.41) is 20.9. The van der Waals surface area contributed by atoms with Gasteiger partial charge in [-0.1, -0.05) is 49.6 Å². The first-order valence-electron chi connectivity index (χ1n) is 9.08. The lowest BCUT2D eigenvalue weighted by Gasteiger charge is -2.30. The van der Waals surface area contributed by atoms with E-state index >= 15 is 0 Å². The van der Waals surface area contributed by atoms with Gasteiger partial charge in [0, 0.05) is 11.6 Å². The Hall–Kier alpha value is -2.04. The number of rotatable bonds is 6. The molecule has 134 valence electrons. The highest BCUT2D eigenvalue weighted by Gasteiger charge is 2.29. The van der Waals surface area contributed by atoms with E-state index in [9.17, 15) is 10.2 Å². The predicted octanol–water partition coefficient (Wildman–Crippen LogP) is 3.91. The quantitative estimate of drug-likeness (QED) is 0.744. The number of phenolic OH excluding ortho intramolecular Hbond substituents is 1. The molecule has 1 fully saturated rings. The maximum absolute atomic E-state index is 10.6. The van der Waals surface area contributed by atoms with E-state index in [0.29, 0.717) is 17.9 Å². The molecule has 1 saturated carbocycles. The van der Waals surface area contributed by atoms with Crippen molar-refractivity contribution in [3.63, 3.8) is 0 Å². The van der Waals surface area contributed by atoms with Gasteiger partial charge < -0.3 is 20.7 Å². The minimum atomic E-state index is -0.623. The van der Waals surface area contributed by atoms with Gasteiger partial charge in [0.2, 0.25) is 0 Å². The summed E-state index contributed by atoms with van der Waals surface area (Å²) in [4.78, 5) is 0. The average molecular weight is 341 g/mol. The molecule has 4 heteroatoms. The van der Waals surface area contributed by atoms with Crippen LogP contribution >= 0.6 is 0 Å². The Balaban J connectivity index is 1.64. The van der Waals surface area contributed by atoms with Gasteiger partial charge in [-0.15, -0.1) is 0 Å². The monoisotopic (exact) mass is 341 g/mol. The molecule has 4 nitrogen and oxygen atoms in total. The SMILES string of the molecule is N[C@@H](c1ccc(OCc2ccccc2)cc1O)[C@H](O)C1CCCCC1. The van der Waals surface area contributed by atoms with Crippen LogP contribution in [-0.4, -0.2) is 16.3 Å². The summed E-state index contributed by atoms with van der Waals surface area (Å²) < 4.78 is 5.72. The fourth-order valence-electron chi connectivity index (χ4n) is 3.59. The van der Waals surface area contributed by atoms with Crippen molar-refractivity contribution >= 4 is 0 Å². The lowest BCUT2D eigenvalue weighted by Crippen LogP contribution is -2.34. The highest BCUT2D eigenvalue weighted by atomic mass is 16.5. The molecule has 1 aliphatic rings. The van der Waals surface area contributed by atoms with Crippen LogP contribution in [-0.2, 0) is 6.61 Å². The molecule has 0 radical (unpaired) electrons. The van der Waals surface area contributed by atoms with Gasteiger partial charge in [0.1, 0.15) is 18.1 Å². The van der Waals surface area contributed by atoms with Crippen molar-refractivity contribution in [2.24, 2.45) is 11.7 Å². The van der Waals surface area contributed by atoms with E-state index in [2.05, 4.69) is 0 Å². The molecule has 0 aromatic heterocycles. The zero-order valence-electron chi connectivity index (χ0n) is 14.5.